The molecule has 0 unspecified atom stereocenters. The third-order valence-electron chi connectivity index (χ3n) is 5.05. The normalized spacial score (nSPS) is 22.5. The summed E-state index contributed by atoms with van der Waals surface area (Å²) in [4.78, 5) is 32.2. The highest BCUT2D eigenvalue weighted by Crippen LogP contribution is 2.49. The fourth-order valence-corrected chi connectivity index (χ4v) is 3.89. The predicted molar refractivity (Wildman–Crippen MR) is 102 cm³/mol. The minimum absolute atomic E-state index is 0.133. The molecule has 0 bridgehead atoms. The largest absolute Gasteiger partial charge is 0.461 e. The van der Waals surface area contributed by atoms with Crippen LogP contribution in [0.15, 0.2) is 76.5 Å². The molecule has 138 valence electrons. The number of furan rings is 1. The molecule has 5 rings (SSSR count). The number of Topliss-reactive ketones (excluding diaryl/α,β-unsaturated/α-hetero) is 1. The number of halogens is 1. The van der Waals surface area contributed by atoms with Gasteiger partial charge in [-0.15, -0.1) is 0 Å². The van der Waals surface area contributed by atoms with Crippen molar-refractivity contribution in [3.63, 3.8) is 0 Å². The van der Waals surface area contributed by atoms with Gasteiger partial charge in [-0.2, -0.15) is 0 Å². The van der Waals surface area contributed by atoms with Gasteiger partial charge in [0.1, 0.15) is 11.6 Å². The Bertz CT molecular complexity index is 1120. The Hall–Kier alpha value is -3.38. The van der Waals surface area contributed by atoms with Crippen molar-refractivity contribution in [2.75, 3.05) is 5.32 Å². The van der Waals surface area contributed by atoms with Gasteiger partial charge in [-0.25, -0.2) is 0 Å². The van der Waals surface area contributed by atoms with Gasteiger partial charge in [-0.1, -0.05) is 47.1 Å². The number of benzene rings is 2. The second kappa shape index (κ2) is 6.07. The van der Waals surface area contributed by atoms with E-state index in [1.165, 1.54) is 6.26 Å². The zero-order valence-corrected chi connectivity index (χ0v) is 15.1. The highest BCUT2D eigenvalue weighted by atomic mass is 35.5. The first-order chi connectivity index (χ1) is 13.6. The summed E-state index contributed by atoms with van der Waals surface area (Å²) in [5.74, 6) is -1.70. The number of anilines is 1. The Labute approximate surface area is 164 Å². The van der Waals surface area contributed by atoms with Crippen LogP contribution in [0.5, 0.6) is 0 Å². The van der Waals surface area contributed by atoms with E-state index in [0.717, 1.165) is 0 Å². The fraction of sp³-hybridized carbons (Fsp3) is 0.0952. The van der Waals surface area contributed by atoms with Crippen LogP contribution in [0, 0.1) is 5.92 Å². The number of amides is 1. The number of hydrogen-bond acceptors (Lipinski definition) is 5. The van der Waals surface area contributed by atoms with Gasteiger partial charge in [0.15, 0.2) is 5.76 Å². The van der Waals surface area contributed by atoms with E-state index in [1.54, 1.807) is 60.7 Å². The van der Waals surface area contributed by atoms with Crippen molar-refractivity contribution in [1.82, 2.24) is 0 Å². The van der Waals surface area contributed by atoms with Crippen LogP contribution in [0.1, 0.15) is 21.7 Å². The SMILES string of the molecule is O=C(c1ccco1)[C@@H]1C(c2ccc(Cl)cc2)=NO[C@]12C(=O)Nc1ccccc12. The Morgan fingerprint density at radius 2 is 1.86 bits per heavy atom. The zero-order chi connectivity index (χ0) is 19.3. The van der Waals surface area contributed by atoms with E-state index in [1.807, 2.05) is 0 Å². The van der Waals surface area contributed by atoms with Gasteiger partial charge >= 0.3 is 0 Å². The second-order valence-corrected chi connectivity index (χ2v) is 7.02. The third-order valence-corrected chi connectivity index (χ3v) is 5.30. The molecule has 1 spiro atoms. The van der Waals surface area contributed by atoms with E-state index < -0.39 is 17.4 Å². The maximum absolute atomic E-state index is 13.4. The highest BCUT2D eigenvalue weighted by molar-refractivity contribution is 6.31. The summed E-state index contributed by atoms with van der Waals surface area (Å²) >= 11 is 5.99. The summed E-state index contributed by atoms with van der Waals surface area (Å²) in [5.41, 5.74) is 0.568. The van der Waals surface area contributed by atoms with Crippen molar-refractivity contribution in [3.05, 3.63) is 88.8 Å². The van der Waals surface area contributed by atoms with Crippen LogP contribution in [0.2, 0.25) is 5.02 Å². The average Bonchev–Trinajstić information content (AvgIpc) is 3.42. The predicted octanol–water partition coefficient (Wildman–Crippen LogP) is 4.01. The van der Waals surface area contributed by atoms with Crippen molar-refractivity contribution < 1.29 is 18.8 Å². The molecule has 2 aliphatic heterocycles. The maximum Gasteiger partial charge on any atom is 0.277 e. The van der Waals surface area contributed by atoms with Gasteiger partial charge in [-0.05, 0) is 30.3 Å². The molecular weight excluding hydrogens is 380 g/mol. The molecule has 2 aliphatic rings. The number of nitrogens with one attached hydrogen (secondary N) is 1. The first-order valence-electron chi connectivity index (χ1n) is 8.62. The lowest BCUT2D eigenvalue weighted by molar-refractivity contribution is -0.140. The van der Waals surface area contributed by atoms with Crippen LogP contribution in [-0.2, 0) is 15.2 Å². The van der Waals surface area contributed by atoms with Crippen molar-refractivity contribution in [1.29, 1.82) is 0 Å². The molecule has 0 fully saturated rings. The summed E-state index contributed by atoms with van der Waals surface area (Å²) in [6, 6.07) is 17.2. The number of para-hydroxylation sites is 1. The average molecular weight is 393 g/mol. The molecule has 3 heterocycles. The van der Waals surface area contributed by atoms with E-state index in [4.69, 9.17) is 20.9 Å². The number of carbonyl (C=O) groups is 2. The Morgan fingerprint density at radius 1 is 1.07 bits per heavy atom. The summed E-state index contributed by atoms with van der Waals surface area (Å²) in [7, 11) is 0. The number of carbonyl (C=O) groups excluding carboxylic acids is 2. The van der Waals surface area contributed by atoms with Gasteiger partial charge < -0.3 is 14.6 Å². The van der Waals surface area contributed by atoms with Gasteiger partial charge in [0.25, 0.3) is 11.5 Å². The summed E-state index contributed by atoms with van der Waals surface area (Å²) in [6.45, 7) is 0. The number of ketones is 1. The molecule has 2 atom stereocenters. The Kier molecular flexibility index (Phi) is 3.64. The van der Waals surface area contributed by atoms with Crippen molar-refractivity contribution in [2.24, 2.45) is 11.1 Å². The third kappa shape index (κ3) is 2.25. The number of rotatable bonds is 3. The van der Waals surface area contributed by atoms with E-state index >= 15 is 0 Å². The molecule has 0 aliphatic carbocycles. The smallest absolute Gasteiger partial charge is 0.277 e. The molecule has 0 radical (unpaired) electrons. The number of oxime groups is 1. The number of hydrogen-bond donors (Lipinski definition) is 1. The lowest BCUT2D eigenvalue weighted by atomic mass is 9.75. The lowest BCUT2D eigenvalue weighted by Gasteiger charge is -2.26. The van der Waals surface area contributed by atoms with Crippen LogP contribution in [0.4, 0.5) is 5.69 Å². The first kappa shape index (κ1) is 16.8. The maximum atomic E-state index is 13.4. The van der Waals surface area contributed by atoms with Crippen LogP contribution in [0.25, 0.3) is 0 Å². The topological polar surface area (TPSA) is 80.9 Å². The minimum Gasteiger partial charge on any atom is -0.461 e. The van der Waals surface area contributed by atoms with E-state index in [-0.39, 0.29) is 11.5 Å². The van der Waals surface area contributed by atoms with Crippen molar-refractivity contribution in [2.45, 2.75) is 5.60 Å². The number of fused-ring (bicyclic) bond motifs is 2. The molecule has 1 N–H and O–H groups in total. The van der Waals surface area contributed by atoms with Crippen molar-refractivity contribution in [3.8, 4) is 0 Å². The summed E-state index contributed by atoms with van der Waals surface area (Å²) in [6.07, 6.45) is 1.41. The summed E-state index contributed by atoms with van der Waals surface area (Å²) in [5, 5.41) is 7.53. The molecule has 1 amide bonds. The molecule has 7 heteroatoms. The molecule has 3 aromatic rings. The molecule has 2 aromatic carbocycles. The van der Waals surface area contributed by atoms with Crippen LogP contribution in [-0.4, -0.2) is 17.4 Å². The Balaban J connectivity index is 1.70. The van der Waals surface area contributed by atoms with Gasteiger partial charge in [0.2, 0.25) is 5.78 Å². The van der Waals surface area contributed by atoms with Crippen LogP contribution < -0.4 is 5.32 Å². The zero-order valence-electron chi connectivity index (χ0n) is 14.4. The van der Waals surface area contributed by atoms with Gasteiger partial charge in [-0.3, -0.25) is 9.59 Å². The molecule has 1 aromatic heterocycles. The molecule has 0 saturated heterocycles. The molecular formula is C21H13ClN2O4. The van der Waals surface area contributed by atoms with E-state index in [9.17, 15) is 9.59 Å². The quantitative estimate of drug-likeness (QED) is 0.683. The van der Waals surface area contributed by atoms with Gasteiger partial charge in [0.05, 0.1) is 6.26 Å². The van der Waals surface area contributed by atoms with Crippen LogP contribution in [0.3, 0.4) is 0 Å². The molecule has 6 nitrogen and oxygen atoms in total. The van der Waals surface area contributed by atoms with E-state index in [0.29, 0.717) is 27.5 Å². The standard InChI is InChI=1S/C21H13ClN2O4/c22-13-9-7-12(8-10-13)18-17(19(25)16-6-3-11-27-16)21(28-24-18)14-4-1-2-5-15(14)23-20(21)26/h1-11,17H,(H,23,26)/t17-,21-/m0/s1. The van der Waals surface area contributed by atoms with Crippen molar-refractivity contribution >= 4 is 34.7 Å². The van der Waals surface area contributed by atoms with Crippen LogP contribution >= 0.6 is 11.6 Å². The van der Waals surface area contributed by atoms with E-state index in [2.05, 4.69) is 10.5 Å². The fourth-order valence-electron chi connectivity index (χ4n) is 3.76. The van der Waals surface area contributed by atoms with Gasteiger partial charge in [0, 0.05) is 21.8 Å². The monoisotopic (exact) mass is 392 g/mol. The molecule has 0 saturated carbocycles. The summed E-state index contributed by atoms with van der Waals surface area (Å²) < 4.78 is 5.32. The minimum atomic E-state index is -1.59. The number of nitrogens with zero attached hydrogens (tertiary/aromatic N) is 1. The highest BCUT2D eigenvalue weighted by Gasteiger charge is 2.63. The first-order valence-corrected chi connectivity index (χ1v) is 9.00. The lowest BCUT2D eigenvalue weighted by Crippen LogP contribution is -2.46. The Morgan fingerprint density at radius 3 is 2.61 bits per heavy atom. The molecule has 28 heavy (non-hydrogen) atoms. The second-order valence-electron chi connectivity index (χ2n) is 6.58.